The lowest BCUT2D eigenvalue weighted by Crippen LogP contribution is -2.55. The van der Waals surface area contributed by atoms with Gasteiger partial charge in [0.25, 0.3) is 0 Å². The molecule has 20 heavy (non-hydrogen) atoms. The van der Waals surface area contributed by atoms with Crippen LogP contribution in [0.25, 0.3) is 0 Å². The van der Waals surface area contributed by atoms with Gasteiger partial charge in [-0.1, -0.05) is 18.2 Å². The van der Waals surface area contributed by atoms with Crippen LogP contribution in [-0.2, 0) is 15.9 Å². The minimum Gasteiger partial charge on any atom is -0.496 e. The van der Waals surface area contributed by atoms with E-state index >= 15 is 0 Å². The first-order valence-electron chi connectivity index (χ1n) is 7.18. The molecule has 0 amide bonds. The van der Waals surface area contributed by atoms with Crippen LogP contribution in [0.3, 0.4) is 0 Å². The summed E-state index contributed by atoms with van der Waals surface area (Å²) >= 11 is 0. The van der Waals surface area contributed by atoms with Crippen molar-refractivity contribution in [3.05, 3.63) is 29.8 Å². The zero-order valence-corrected chi connectivity index (χ0v) is 12.6. The normalized spacial score (nSPS) is 19.6. The Balaban J connectivity index is 2.19. The Morgan fingerprint density at radius 3 is 2.55 bits per heavy atom. The molecule has 0 radical (unpaired) electrons. The van der Waals surface area contributed by atoms with Gasteiger partial charge in [0, 0.05) is 39.2 Å². The molecule has 1 aliphatic rings. The number of ether oxygens (including phenoxy) is 3. The molecule has 0 spiro atoms. The number of benzene rings is 1. The molecule has 2 rings (SSSR count). The predicted octanol–water partition coefficient (Wildman–Crippen LogP) is 2.02. The van der Waals surface area contributed by atoms with Crippen molar-refractivity contribution in [3.63, 3.8) is 0 Å². The van der Waals surface area contributed by atoms with Gasteiger partial charge >= 0.3 is 0 Å². The van der Waals surface area contributed by atoms with Crippen LogP contribution in [0.5, 0.6) is 5.75 Å². The monoisotopic (exact) mass is 279 g/mol. The molecule has 4 nitrogen and oxygen atoms in total. The van der Waals surface area contributed by atoms with Gasteiger partial charge in [0.2, 0.25) is 0 Å². The van der Waals surface area contributed by atoms with Crippen molar-refractivity contribution in [1.29, 1.82) is 0 Å². The van der Waals surface area contributed by atoms with E-state index in [0.717, 1.165) is 38.2 Å². The third-order valence-electron chi connectivity index (χ3n) is 4.35. The summed E-state index contributed by atoms with van der Waals surface area (Å²) in [6.07, 6.45) is 2.72. The maximum Gasteiger partial charge on any atom is 0.122 e. The summed E-state index contributed by atoms with van der Waals surface area (Å²) in [4.78, 5) is 0. The van der Waals surface area contributed by atoms with Gasteiger partial charge in [0.15, 0.2) is 0 Å². The highest BCUT2D eigenvalue weighted by atomic mass is 16.5. The Morgan fingerprint density at radius 2 is 1.95 bits per heavy atom. The average molecular weight is 279 g/mol. The third kappa shape index (κ3) is 3.14. The molecule has 0 aromatic heterocycles. The molecule has 1 aromatic rings. The zero-order valence-electron chi connectivity index (χ0n) is 12.6. The molecule has 1 saturated heterocycles. The lowest BCUT2D eigenvalue weighted by atomic mass is 9.82. The number of hydrogen-bond acceptors (Lipinski definition) is 4. The van der Waals surface area contributed by atoms with E-state index < -0.39 is 0 Å². The van der Waals surface area contributed by atoms with Crippen molar-refractivity contribution in [2.75, 3.05) is 34.5 Å². The summed E-state index contributed by atoms with van der Waals surface area (Å²) < 4.78 is 16.8. The fraction of sp³-hybridized carbons (Fsp3) is 0.625. The number of rotatable bonds is 6. The molecular formula is C16H25NO3. The molecule has 1 aliphatic heterocycles. The van der Waals surface area contributed by atoms with E-state index in [9.17, 15) is 0 Å². The second kappa shape index (κ2) is 7.07. The van der Waals surface area contributed by atoms with Crippen molar-refractivity contribution in [3.8, 4) is 5.75 Å². The topological polar surface area (TPSA) is 39.7 Å². The number of para-hydroxylation sites is 1. The summed E-state index contributed by atoms with van der Waals surface area (Å²) in [6, 6.07) is 8.41. The van der Waals surface area contributed by atoms with E-state index in [1.165, 1.54) is 5.56 Å². The van der Waals surface area contributed by atoms with Gasteiger partial charge in [-0.15, -0.1) is 0 Å². The van der Waals surface area contributed by atoms with Crippen LogP contribution < -0.4 is 10.1 Å². The molecule has 0 aliphatic carbocycles. The highest BCUT2D eigenvalue weighted by Gasteiger charge is 2.40. The Bertz CT molecular complexity index is 416. The highest BCUT2D eigenvalue weighted by molar-refractivity contribution is 5.34. The van der Waals surface area contributed by atoms with Crippen LogP contribution >= 0.6 is 0 Å². The van der Waals surface area contributed by atoms with Gasteiger partial charge in [-0.25, -0.2) is 0 Å². The summed E-state index contributed by atoms with van der Waals surface area (Å²) in [7, 11) is 5.52. The van der Waals surface area contributed by atoms with E-state index in [-0.39, 0.29) is 11.6 Å². The van der Waals surface area contributed by atoms with Crippen LogP contribution in [0.1, 0.15) is 18.4 Å². The lowest BCUT2D eigenvalue weighted by Gasteiger charge is -2.42. The maximum atomic E-state index is 5.89. The Hall–Kier alpha value is -1.10. The maximum absolute atomic E-state index is 5.89. The summed E-state index contributed by atoms with van der Waals surface area (Å²) in [5.74, 6) is 0.936. The van der Waals surface area contributed by atoms with Crippen molar-refractivity contribution >= 4 is 0 Å². The van der Waals surface area contributed by atoms with E-state index in [1.807, 2.05) is 25.2 Å². The predicted molar refractivity (Wildman–Crippen MR) is 79.3 cm³/mol. The molecular weight excluding hydrogens is 254 g/mol. The first kappa shape index (κ1) is 15.3. The smallest absolute Gasteiger partial charge is 0.122 e. The van der Waals surface area contributed by atoms with Crippen LogP contribution in [0.15, 0.2) is 24.3 Å². The van der Waals surface area contributed by atoms with Crippen molar-refractivity contribution in [2.24, 2.45) is 0 Å². The van der Waals surface area contributed by atoms with Crippen molar-refractivity contribution in [1.82, 2.24) is 5.32 Å². The highest BCUT2D eigenvalue weighted by Crippen LogP contribution is 2.31. The minimum absolute atomic E-state index is 0.159. The first-order chi connectivity index (χ1) is 9.75. The average Bonchev–Trinajstić information content (AvgIpc) is 2.53. The molecule has 0 bridgehead atoms. The van der Waals surface area contributed by atoms with Crippen molar-refractivity contribution in [2.45, 2.75) is 30.9 Å². The van der Waals surface area contributed by atoms with Crippen LogP contribution in [0.4, 0.5) is 0 Å². The largest absolute Gasteiger partial charge is 0.496 e. The molecule has 4 heteroatoms. The third-order valence-corrected chi connectivity index (χ3v) is 4.35. The second-order valence-electron chi connectivity index (χ2n) is 5.24. The van der Waals surface area contributed by atoms with Crippen LogP contribution in [-0.4, -0.2) is 46.1 Å². The number of methoxy groups -OCH3 is 2. The number of hydrogen-bond donors (Lipinski definition) is 1. The summed E-state index contributed by atoms with van der Waals surface area (Å²) in [5, 5.41) is 3.43. The number of nitrogens with one attached hydrogen (secondary N) is 1. The molecule has 1 fully saturated rings. The van der Waals surface area contributed by atoms with Gasteiger partial charge < -0.3 is 19.5 Å². The van der Waals surface area contributed by atoms with Crippen molar-refractivity contribution < 1.29 is 14.2 Å². The fourth-order valence-electron chi connectivity index (χ4n) is 3.05. The number of likely N-dealkylation sites (N-methyl/N-ethyl adjacent to an activating group) is 1. The van der Waals surface area contributed by atoms with Crippen LogP contribution in [0.2, 0.25) is 0 Å². The molecule has 112 valence electrons. The van der Waals surface area contributed by atoms with Gasteiger partial charge in [-0.2, -0.15) is 0 Å². The Morgan fingerprint density at radius 1 is 1.25 bits per heavy atom. The Kier molecular flexibility index (Phi) is 5.40. The van der Waals surface area contributed by atoms with Crippen LogP contribution in [0, 0.1) is 0 Å². The van der Waals surface area contributed by atoms with Gasteiger partial charge in [-0.3, -0.25) is 0 Å². The molecule has 1 atom stereocenters. The zero-order chi connectivity index (χ0) is 14.4. The van der Waals surface area contributed by atoms with Gasteiger partial charge in [-0.05, 0) is 25.1 Å². The Labute approximate surface area is 121 Å². The molecule has 0 saturated carbocycles. The first-order valence-corrected chi connectivity index (χ1v) is 7.18. The lowest BCUT2D eigenvalue weighted by molar-refractivity contribution is -0.109. The van der Waals surface area contributed by atoms with Gasteiger partial charge in [0.1, 0.15) is 5.75 Å². The molecule has 1 aromatic carbocycles. The molecule has 1 N–H and O–H groups in total. The molecule has 1 unspecified atom stereocenters. The minimum atomic E-state index is -0.159. The fourth-order valence-corrected chi connectivity index (χ4v) is 3.05. The van der Waals surface area contributed by atoms with E-state index in [4.69, 9.17) is 14.2 Å². The van der Waals surface area contributed by atoms with Gasteiger partial charge in [0.05, 0.1) is 12.7 Å². The SMILES string of the molecule is CNC(Cc1ccccc1OC)C1(OC)CCOCC1. The van der Waals surface area contributed by atoms with E-state index in [2.05, 4.69) is 11.4 Å². The summed E-state index contributed by atoms with van der Waals surface area (Å²) in [6.45, 7) is 1.52. The summed E-state index contributed by atoms with van der Waals surface area (Å²) in [5.41, 5.74) is 1.05. The van der Waals surface area contributed by atoms with E-state index in [0.29, 0.717) is 0 Å². The van der Waals surface area contributed by atoms with E-state index in [1.54, 1.807) is 14.2 Å². The standard InChI is InChI=1S/C16H25NO3/c1-17-15(16(19-3)8-10-20-11-9-16)12-13-6-4-5-7-14(13)18-2/h4-7,15,17H,8-12H2,1-3H3. The second-order valence-corrected chi connectivity index (χ2v) is 5.24. The molecule has 1 heterocycles. The quantitative estimate of drug-likeness (QED) is 0.865.